The molecule has 18 nitrogen and oxygen atoms in total. The van der Waals surface area contributed by atoms with Crippen molar-refractivity contribution in [3.8, 4) is 0 Å². The Hall–Kier alpha value is 0.790. The van der Waals surface area contributed by atoms with E-state index >= 15 is 0 Å². The Bertz CT molecular complexity index is 2340. The van der Waals surface area contributed by atoms with Crippen molar-refractivity contribution in [1.82, 2.24) is 0 Å². The van der Waals surface area contributed by atoms with Crippen LogP contribution in [0.5, 0.6) is 0 Å². The van der Waals surface area contributed by atoms with Crippen LogP contribution < -0.4 is 0 Å². The number of aliphatic hydroxyl groups excluding tert-OH is 12. The molecular weight excluding hydrogens is 1180 g/mol. The topological polar surface area (TPSA) is 355 Å². The predicted octanol–water partition coefficient (Wildman–Crippen LogP) is 2.51. The molecule has 0 radical (unpaired) electrons. The van der Waals surface area contributed by atoms with Gasteiger partial charge in [-0.05, 0) is 0 Å². The molecule has 0 saturated heterocycles. The van der Waals surface area contributed by atoms with Crippen molar-refractivity contribution in [3.05, 3.63) is 33.4 Å². The number of carboxylic acids is 3. The van der Waals surface area contributed by atoms with Gasteiger partial charge in [-0.1, -0.05) is 0 Å². The van der Waals surface area contributed by atoms with Gasteiger partial charge in [0.05, 0.1) is 0 Å². The first-order valence-corrected chi connectivity index (χ1v) is 31.5. The van der Waals surface area contributed by atoms with E-state index in [2.05, 4.69) is 0 Å². The number of aliphatic hydroxyl groups is 12. The average Bonchev–Trinajstić information content (AvgIpc) is 4.23. The first kappa shape index (κ1) is 56.5. The monoisotopic (exact) mass is 1210 g/mol. The summed E-state index contributed by atoms with van der Waals surface area (Å²) in [5.74, 6) is -4.30. The van der Waals surface area contributed by atoms with E-state index in [1.807, 2.05) is 0 Å². The van der Waals surface area contributed by atoms with E-state index in [0.717, 1.165) is 141 Å². The van der Waals surface area contributed by atoms with Crippen molar-refractivity contribution in [2.45, 2.75) is 85.9 Å². The molecule has 0 spiro atoms. The second-order valence-corrected chi connectivity index (χ2v) is 36.6. The van der Waals surface area contributed by atoms with Gasteiger partial charge in [-0.15, -0.1) is 0 Å². The van der Waals surface area contributed by atoms with Crippen LogP contribution in [0.4, 0.5) is 0 Å². The second-order valence-electron chi connectivity index (χ2n) is 16.8. The van der Waals surface area contributed by atoms with Gasteiger partial charge < -0.3 is 0 Å². The zero-order valence-corrected chi connectivity index (χ0v) is 48.1. The molecule has 6 aliphatic rings. The Morgan fingerprint density at radius 1 is 0.296 bits per heavy atom. The van der Waals surface area contributed by atoms with Gasteiger partial charge in [0.2, 0.25) is 0 Å². The quantitative estimate of drug-likeness (QED) is 0.0643. The van der Waals surface area contributed by atoms with Gasteiger partial charge in [0, 0.05) is 0 Å². The fourth-order valence-corrected chi connectivity index (χ4v) is 29.9. The summed E-state index contributed by atoms with van der Waals surface area (Å²) in [7, 11) is 0. The third-order valence-corrected chi connectivity index (χ3v) is 32.6. The van der Waals surface area contributed by atoms with Gasteiger partial charge in [0.25, 0.3) is 0 Å². The summed E-state index contributed by atoms with van der Waals surface area (Å²) in [6, 6.07) is 0. The summed E-state index contributed by atoms with van der Waals surface area (Å²) < 4.78 is -11.2. The van der Waals surface area contributed by atoms with E-state index in [0.29, 0.717) is 0 Å². The molecule has 3 aromatic carbocycles. The number of thioether (sulfide) groups is 12. The van der Waals surface area contributed by atoms with Crippen molar-refractivity contribution >= 4 is 187 Å². The third-order valence-electron chi connectivity index (χ3n) is 12.5. The number of carboxylic acid groups (broad SMARTS) is 3. The normalized spacial score (nSPS) is 20.9. The maximum absolute atomic E-state index is 13.8. The number of benzene rings is 3. The zero-order chi connectivity index (χ0) is 51.6. The van der Waals surface area contributed by atoms with Crippen LogP contribution in [-0.2, 0) is 2.66 Å². The van der Waals surface area contributed by atoms with E-state index in [-0.39, 0.29) is 120 Å². The fraction of sp³-hybridized carbons (Fsp3) is 0.475. The Morgan fingerprint density at radius 2 is 0.423 bits per heavy atom. The van der Waals surface area contributed by atoms with Crippen molar-refractivity contribution in [3.63, 3.8) is 0 Å². The summed E-state index contributed by atoms with van der Waals surface area (Å²) in [4.78, 5) is 42.8. The first-order valence-electron chi connectivity index (χ1n) is 20.7. The molecule has 0 fully saturated rings. The third kappa shape index (κ3) is 8.48. The molecule has 9 rings (SSSR count). The van der Waals surface area contributed by atoms with Crippen LogP contribution in [0.15, 0.2) is 58.7 Å². The molecule has 0 saturated carbocycles. The molecule has 6 heterocycles. The molecule has 0 bridgehead atoms. The fourth-order valence-electron chi connectivity index (χ4n) is 8.90. The van der Waals surface area contributed by atoms with Gasteiger partial charge in [0.1, 0.15) is 0 Å². The molecule has 0 unspecified atom stereocenters. The number of aromatic carboxylic acids is 3. The number of carbonyl (C=O) groups is 3. The van der Waals surface area contributed by atoms with Gasteiger partial charge in [-0.25, -0.2) is 0 Å². The number of rotatable bonds is 18. The van der Waals surface area contributed by atoms with Crippen LogP contribution in [0.2, 0.25) is 0 Å². The van der Waals surface area contributed by atoms with Crippen molar-refractivity contribution in [2.24, 2.45) is 0 Å². The molecule has 71 heavy (non-hydrogen) atoms. The number of hydrogen-bond acceptors (Lipinski definition) is 27. The Balaban J connectivity index is 1.59. The summed E-state index contributed by atoms with van der Waals surface area (Å²) in [5, 5.41) is 167. The van der Waals surface area contributed by atoms with Crippen LogP contribution in [0, 0.1) is 0 Å². The first-order chi connectivity index (χ1) is 33.7. The van der Waals surface area contributed by atoms with E-state index in [4.69, 9.17) is 0 Å². The van der Waals surface area contributed by atoms with E-state index in [9.17, 15) is 91.0 Å². The van der Waals surface area contributed by atoms with Gasteiger partial charge in [0.15, 0.2) is 0 Å². The summed E-state index contributed by atoms with van der Waals surface area (Å²) >= 11 is 10.7. The Labute approximate surface area is 471 Å². The van der Waals surface area contributed by atoms with Gasteiger partial charge >= 0.3 is 477 Å². The predicted molar refractivity (Wildman–Crippen MR) is 278 cm³/mol. The van der Waals surface area contributed by atoms with Gasteiger partial charge in [-0.2, -0.15) is 0 Å². The average molecular weight is 1220 g/mol. The summed E-state index contributed by atoms with van der Waals surface area (Å²) in [6.45, 7) is -8.42. The van der Waals surface area contributed by atoms with Gasteiger partial charge in [-0.3, -0.25) is 0 Å². The number of hydrogen-bond donors (Lipinski definition) is 15. The molecular formula is C40H39NaO18S12. The Kier molecular flexibility index (Phi) is 16.3. The molecule has 0 atom stereocenters. The number of fused-ring (bicyclic) bond motifs is 6. The molecule has 0 aromatic heterocycles. The minimum absolute atomic E-state index is 0.0682. The molecule has 6 aliphatic heterocycles. The van der Waals surface area contributed by atoms with Crippen LogP contribution >= 0.6 is 141 Å². The summed E-state index contributed by atoms with van der Waals surface area (Å²) in [5.41, 5.74) is -0.0756. The van der Waals surface area contributed by atoms with Crippen LogP contribution in [-0.4, -0.2) is 226 Å². The van der Waals surface area contributed by atoms with Crippen LogP contribution in [0.1, 0.15) is 47.8 Å². The van der Waals surface area contributed by atoms with Crippen molar-refractivity contribution < 1.29 is 91.0 Å². The standard InChI is InChI=1S/C40H39O18S12.Na/c41-1-35(2-42)59-20-14(21-27(17(32(53)54)26(20)65-35)66-36(3-43,4-44)60-21)13(15-22-28(67-37(5-45,6-46)61-22)18(33(55)56)29-23(15)62-38(7-47,8-48)68-29)16-24-30(69-39(9-49,10-50)63-24)19(34(57)58)31-25(16)64-40(11-51,12-52)70-31;/h41-52H,1-12H2,(H,53,54)(H,55,56)(H,57,58);. The zero-order valence-electron chi connectivity index (χ0n) is 36.3. The summed E-state index contributed by atoms with van der Waals surface area (Å²) in [6.07, 6.45) is 0. The molecule has 3 aromatic rings. The maximum atomic E-state index is 13.8. The van der Waals surface area contributed by atoms with Crippen LogP contribution in [0.3, 0.4) is 0 Å². The molecule has 0 amide bonds. The van der Waals surface area contributed by atoms with E-state index in [1.165, 1.54) is 0 Å². The minimum atomic E-state index is -1.88. The van der Waals surface area contributed by atoms with Crippen LogP contribution in [0.25, 0.3) is 0 Å². The molecule has 380 valence electrons. The molecule has 15 N–H and O–H groups in total. The molecule has 0 aliphatic carbocycles. The van der Waals surface area contributed by atoms with Crippen molar-refractivity contribution in [1.29, 1.82) is 0 Å². The Morgan fingerprint density at radius 3 is 0.535 bits per heavy atom. The van der Waals surface area contributed by atoms with Crippen molar-refractivity contribution in [2.75, 3.05) is 79.3 Å². The second kappa shape index (κ2) is 20.5. The SMILES string of the molecule is O=C(O)c1c2c(c([C]([Na])(c3c4c(c(C(=O)O)c5c3SC(CO)(CO)S5)SC(CO)(CO)S4)c3c4c(c(C(=O)O)c5c3SC(CO)(CO)S5)SC(CO)(CO)S4)c3c1SC(CO)(CO)S3)SC(CO)(CO)S2. The van der Waals surface area contributed by atoms with E-state index < -0.39 is 124 Å². The molecule has 31 heteroatoms. The van der Waals surface area contributed by atoms with E-state index in [1.54, 1.807) is 0 Å².